The van der Waals surface area contributed by atoms with Gasteiger partial charge in [0, 0.05) is 20.2 Å². The molecule has 0 aromatic heterocycles. The average Bonchev–Trinajstić information content (AvgIpc) is 2.28. The summed E-state index contributed by atoms with van der Waals surface area (Å²) in [4.78, 5) is 22.8. The van der Waals surface area contributed by atoms with Crippen molar-refractivity contribution >= 4 is 17.4 Å². The Bertz CT molecular complexity index is 445. The molecule has 0 heterocycles. The van der Waals surface area contributed by atoms with Gasteiger partial charge in [-0.05, 0) is 6.07 Å². The van der Waals surface area contributed by atoms with Gasteiger partial charge in [-0.25, -0.2) is 4.79 Å². The molecule has 0 aliphatic heterocycles. The summed E-state index contributed by atoms with van der Waals surface area (Å²) in [7, 11) is 4.56. The van der Waals surface area contributed by atoms with Gasteiger partial charge in [-0.3, -0.25) is 10.1 Å². The summed E-state index contributed by atoms with van der Waals surface area (Å²) >= 11 is 0. The van der Waals surface area contributed by atoms with Crippen LogP contribution in [0.2, 0.25) is 0 Å². The summed E-state index contributed by atoms with van der Waals surface area (Å²) in [5.41, 5.74) is 0.293. The molecule has 0 saturated heterocycles. The highest BCUT2D eigenvalue weighted by molar-refractivity contribution is 5.90. The average molecular weight is 239 g/mol. The molecular weight excluding hydrogens is 226 g/mol. The second-order valence-electron chi connectivity index (χ2n) is 3.47. The Morgan fingerprint density at radius 1 is 1.47 bits per heavy atom. The number of nitrogens with one attached hydrogen (secondary N) is 1. The second kappa shape index (κ2) is 5.15. The zero-order valence-electron chi connectivity index (χ0n) is 9.76. The van der Waals surface area contributed by atoms with Crippen molar-refractivity contribution in [3.8, 4) is 5.75 Å². The lowest BCUT2D eigenvalue weighted by atomic mass is 10.2. The summed E-state index contributed by atoms with van der Waals surface area (Å²) in [6.45, 7) is 0. The van der Waals surface area contributed by atoms with Crippen LogP contribution in [0.3, 0.4) is 0 Å². The summed E-state index contributed by atoms with van der Waals surface area (Å²) in [5, 5.41) is 13.1. The highest BCUT2D eigenvalue weighted by Crippen LogP contribution is 2.28. The molecule has 92 valence electrons. The number of non-ortho nitro benzene ring substituents is 1. The molecule has 7 heteroatoms. The molecule has 0 fully saturated rings. The maximum atomic E-state index is 11.4. The molecule has 0 saturated carbocycles. The van der Waals surface area contributed by atoms with Gasteiger partial charge in [-0.1, -0.05) is 0 Å². The SMILES string of the molecule is COc1cc([N+](=O)[O-])ccc1NC(=O)N(C)C. The predicted octanol–water partition coefficient (Wildman–Crippen LogP) is 1.70. The third-order valence-electron chi connectivity index (χ3n) is 2.04. The lowest BCUT2D eigenvalue weighted by molar-refractivity contribution is -0.384. The number of ether oxygens (including phenoxy) is 1. The maximum Gasteiger partial charge on any atom is 0.321 e. The van der Waals surface area contributed by atoms with Gasteiger partial charge >= 0.3 is 6.03 Å². The van der Waals surface area contributed by atoms with E-state index in [9.17, 15) is 14.9 Å². The lowest BCUT2D eigenvalue weighted by Gasteiger charge is -2.14. The molecule has 17 heavy (non-hydrogen) atoms. The van der Waals surface area contributed by atoms with Crippen molar-refractivity contribution < 1.29 is 14.5 Å². The number of amides is 2. The predicted molar refractivity (Wildman–Crippen MR) is 62.4 cm³/mol. The van der Waals surface area contributed by atoms with E-state index in [-0.39, 0.29) is 17.5 Å². The van der Waals surface area contributed by atoms with Gasteiger partial charge in [0.15, 0.2) is 0 Å². The highest BCUT2D eigenvalue weighted by Gasteiger charge is 2.13. The van der Waals surface area contributed by atoms with Crippen LogP contribution < -0.4 is 10.1 Å². The first-order valence-corrected chi connectivity index (χ1v) is 4.76. The molecule has 0 aliphatic carbocycles. The topological polar surface area (TPSA) is 84.7 Å². The Hall–Kier alpha value is -2.31. The summed E-state index contributed by atoms with van der Waals surface area (Å²) in [6.07, 6.45) is 0. The molecule has 1 aromatic carbocycles. The van der Waals surface area contributed by atoms with Crippen molar-refractivity contribution in [2.75, 3.05) is 26.5 Å². The van der Waals surface area contributed by atoms with Crippen LogP contribution in [0.25, 0.3) is 0 Å². The minimum Gasteiger partial charge on any atom is -0.494 e. The van der Waals surface area contributed by atoms with E-state index in [1.807, 2.05) is 0 Å². The van der Waals surface area contributed by atoms with Gasteiger partial charge in [-0.2, -0.15) is 0 Å². The van der Waals surface area contributed by atoms with Gasteiger partial charge in [0.05, 0.1) is 23.8 Å². The minimum atomic E-state index is -0.528. The third kappa shape index (κ3) is 3.07. The van der Waals surface area contributed by atoms with Gasteiger partial charge in [0.1, 0.15) is 5.75 Å². The minimum absolute atomic E-state index is 0.0929. The Morgan fingerprint density at radius 3 is 2.59 bits per heavy atom. The number of nitro groups is 1. The van der Waals surface area contributed by atoms with E-state index in [1.165, 1.54) is 30.2 Å². The molecule has 7 nitrogen and oxygen atoms in total. The quantitative estimate of drug-likeness (QED) is 0.642. The molecule has 0 spiro atoms. The van der Waals surface area contributed by atoms with E-state index < -0.39 is 4.92 Å². The number of hydrogen-bond donors (Lipinski definition) is 1. The fourth-order valence-electron chi connectivity index (χ4n) is 1.12. The maximum absolute atomic E-state index is 11.4. The summed E-state index contributed by atoms with van der Waals surface area (Å²) < 4.78 is 4.98. The highest BCUT2D eigenvalue weighted by atomic mass is 16.6. The van der Waals surface area contributed by atoms with Gasteiger partial charge in [0.25, 0.3) is 5.69 Å². The lowest BCUT2D eigenvalue weighted by Crippen LogP contribution is -2.27. The number of hydrogen-bond acceptors (Lipinski definition) is 4. The number of urea groups is 1. The number of carbonyl (C=O) groups is 1. The van der Waals surface area contributed by atoms with Crippen molar-refractivity contribution in [3.63, 3.8) is 0 Å². The Kier molecular flexibility index (Phi) is 3.86. The second-order valence-corrected chi connectivity index (χ2v) is 3.47. The summed E-state index contributed by atoms with van der Waals surface area (Å²) in [6, 6.07) is 3.65. The van der Waals surface area contributed by atoms with Gasteiger partial charge < -0.3 is 15.0 Å². The van der Waals surface area contributed by atoms with Crippen LogP contribution in [0.5, 0.6) is 5.75 Å². The molecule has 0 radical (unpaired) electrons. The normalized spacial score (nSPS) is 9.59. The van der Waals surface area contributed by atoms with E-state index in [4.69, 9.17) is 4.74 Å². The molecule has 1 N–H and O–H groups in total. The Balaban J connectivity index is 3.01. The zero-order valence-corrected chi connectivity index (χ0v) is 9.76. The van der Waals surface area contributed by atoms with Crippen LogP contribution in [0.1, 0.15) is 0 Å². The molecule has 0 bridgehead atoms. The molecule has 1 aromatic rings. The first-order valence-electron chi connectivity index (χ1n) is 4.76. The van der Waals surface area contributed by atoms with Crippen molar-refractivity contribution in [1.29, 1.82) is 0 Å². The molecule has 0 unspecified atom stereocenters. The smallest absolute Gasteiger partial charge is 0.321 e. The van der Waals surface area contributed by atoms with Crippen LogP contribution in [0.4, 0.5) is 16.2 Å². The van der Waals surface area contributed by atoms with E-state index in [0.29, 0.717) is 5.69 Å². The summed E-state index contributed by atoms with van der Waals surface area (Å²) in [5.74, 6) is 0.245. The van der Waals surface area contributed by atoms with Gasteiger partial charge in [0.2, 0.25) is 0 Å². The largest absolute Gasteiger partial charge is 0.494 e. The number of carbonyl (C=O) groups excluding carboxylic acids is 1. The zero-order chi connectivity index (χ0) is 13.0. The van der Waals surface area contributed by atoms with E-state index >= 15 is 0 Å². The number of methoxy groups -OCH3 is 1. The first kappa shape index (κ1) is 12.8. The van der Waals surface area contributed by atoms with Crippen LogP contribution in [-0.2, 0) is 0 Å². The molecule has 1 rings (SSSR count). The van der Waals surface area contributed by atoms with Crippen molar-refractivity contribution in [2.45, 2.75) is 0 Å². The fraction of sp³-hybridized carbons (Fsp3) is 0.300. The van der Waals surface area contributed by atoms with Crippen LogP contribution in [0.15, 0.2) is 18.2 Å². The van der Waals surface area contributed by atoms with E-state index in [0.717, 1.165) is 0 Å². The molecule has 0 atom stereocenters. The molecule has 2 amide bonds. The number of rotatable bonds is 3. The van der Waals surface area contributed by atoms with E-state index in [2.05, 4.69) is 5.32 Å². The number of nitrogens with zero attached hydrogens (tertiary/aromatic N) is 2. The number of anilines is 1. The van der Waals surface area contributed by atoms with Crippen molar-refractivity contribution in [3.05, 3.63) is 28.3 Å². The monoisotopic (exact) mass is 239 g/mol. The third-order valence-corrected chi connectivity index (χ3v) is 2.04. The van der Waals surface area contributed by atoms with Crippen LogP contribution in [0, 0.1) is 10.1 Å². The van der Waals surface area contributed by atoms with Crippen molar-refractivity contribution in [1.82, 2.24) is 4.90 Å². The van der Waals surface area contributed by atoms with E-state index in [1.54, 1.807) is 14.1 Å². The number of benzene rings is 1. The van der Waals surface area contributed by atoms with Crippen LogP contribution in [-0.4, -0.2) is 37.1 Å². The fourth-order valence-corrected chi connectivity index (χ4v) is 1.12. The molecule has 0 aliphatic rings. The van der Waals surface area contributed by atoms with Crippen LogP contribution >= 0.6 is 0 Å². The Morgan fingerprint density at radius 2 is 2.12 bits per heavy atom. The Labute approximate surface area is 98.1 Å². The number of nitro benzene ring substituents is 1. The van der Waals surface area contributed by atoms with Crippen molar-refractivity contribution in [2.24, 2.45) is 0 Å². The standard InChI is InChI=1S/C10H13N3O4/c1-12(2)10(14)11-8-5-4-7(13(15)16)6-9(8)17-3/h4-6H,1-3H3,(H,11,14). The van der Waals surface area contributed by atoms with Gasteiger partial charge in [-0.15, -0.1) is 0 Å². The first-order chi connectivity index (χ1) is 7.95. The molecular formula is C10H13N3O4.